The molecular formula is C35H51NO9. The zero-order valence-corrected chi connectivity index (χ0v) is 27.4. The zero-order chi connectivity index (χ0) is 32.2. The van der Waals surface area contributed by atoms with Gasteiger partial charge in [0, 0.05) is 6.54 Å². The molecule has 0 bridgehead atoms. The zero-order valence-electron chi connectivity index (χ0n) is 27.4. The van der Waals surface area contributed by atoms with Crippen LogP contribution in [-0.2, 0) is 30.2 Å². The van der Waals surface area contributed by atoms with Gasteiger partial charge in [0.25, 0.3) is 0 Å². The van der Waals surface area contributed by atoms with Crippen LogP contribution in [0.1, 0.15) is 108 Å². The molecule has 10 nitrogen and oxygen atoms in total. The van der Waals surface area contributed by atoms with Crippen LogP contribution in [0.2, 0.25) is 0 Å². The van der Waals surface area contributed by atoms with Crippen molar-refractivity contribution in [1.82, 2.24) is 4.90 Å². The van der Waals surface area contributed by atoms with E-state index >= 15 is 0 Å². The molecule has 4 aliphatic rings. The van der Waals surface area contributed by atoms with Crippen LogP contribution in [0.5, 0.6) is 11.5 Å². The Morgan fingerprint density at radius 3 is 2.53 bits per heavy atom. The van der Waals surface area contributed by atoms with Crippen molar-refractivity contribution in [2.45, 2.75) is 127 Å². The molecule has 45 heavy (non-hydrogen) atoms. The summed E-state index contributed by atoms with van der Waals surface area (Å²) < 4.78 is 29.1. The predicted molar refractivity (Wildman–Crippen MR) is 167 cm³/mol. The smallest absolute Gasteiger partial charge is 0.339 e. The lowest BCUT2D eigenvalue weighted by molar-refractivity contribution is -0.179. The minimum atomic E-state index is -2.13. The first-order valence-corrected chi connectivity index (χ1v) is 16.8. The van der Waals surface area contributed by atoms with E-state index in [0.717, 1.165) is 75.6 Å². The van der Waals surface area contributed by atoms with Gasteiger partial charge in [0.15, 0.2) is 23.2 Å². The topological polar surface area (TPSA) is 124 Å². The number of unbranched alkanes of at least 4 members (excludes halogenated alkanes) is 4. The highest BCUT2D eigenvalue weighted by Gasteiger charge is 2.59. The summed E-state index contributed by atoms with van der Waals surface area (Å²) in [5.74, 6) is 0.0569. The van der Waals surface area contributed by atoms with Crippen LogP contribution in [-0.4, -0.2) is 83.5 Å². The van der Waals surface area contributed by atoms with Crippen LogP contribution < -0.4 is 9.47 Å². The monoisotopic (exact) mass is 629 g/mol. The number of hydrogen-bond acceptors (Lipinski definition) is 10. The van der Waals surface area contributed by atoms with Gasteiger partial charge in [-0.05, 0) is 94.7 Å². The number of benzene rings is 1. The van der Waals surface area contributed by atoms with Crippen molar-refractivity contribution in [3.63, 3.8) is 0 Å². The Morgan fingerprint density at radius 2 is 1.80 bits per heavy atom. The number of fused-ring (bicyclic) bond motifs is 3. The van der Waals surface area contributed by atoms with Crippen molar-refractivity contribution in [3.05, 3.63) is 35.1 Å². The van der Waals surface area contributed by atoms with Gasteiger partial charge in [0.05, 0.1) is 37.2 Å². The van der Waals surface area contributed by atoms with Crippen LogP contribution >= 0.6 is 0 Å². The van der Waals surface area contributed by atoms with Crippen LogP contribution in [0.3, 0.4) is 0 Å². The second-order valence-corrected chi connectivity index (χ2v) is 13.8. The molecule has 1 spiro atoms. The van der Waals surface area contributed by atoms with Gasteiger partial charge in [-0.25, -0.2) is 4.79 Å². The van der Waals surface area contributed by atoms with E-state index in [1.165, 1.54) is 0 Å². The summed E-state index contributed by atoms with van der Waals surface area (Å²) in [6.07, 6.45) is 9.03. The Balaban J connectivity index is 1.40. The Kier molecular flexibility index (Phi) is 10.4. The van der Waals surface area contributed by atoms with Gasteiger partial charge in [-0.2, -0.15) is 0 Å². The largest absolute Gasteiger partial charge is 0.497 e. The van der Waals surface area contributed by atoms with Crippen molar-refractivity contribution in [2.24, 2.45) is 0 Å². The maximum Gasteiger partial charge on any atom is 0.339 e. The normalized spacial score (nSPS) is 25.0. The van der Waals surface area contributed by atoms with E-state index in [4.69, 9.17) is 23.7 Å². The summed E-state index contributed by atoms with van der Waals surface area (Å²) in [6.45, 7) is 7.64. The first-order chi connectivity index (χ1) is 21.5. The summed E-state index contributed by atoms with van der Waals surface area (Å²) in [7, 11) is 1.57. The maximum absolute atomic E-state index is 14.1. The second kappa shape index (κ2) is 13.9. The minimum absolute atomic E-state index is 0.0582. The van der Waals surface area contributed by atoms with Crippen molar-refractivity contribution in [1.29, 1.82) is 0 Å². The van der Waals surface area contributed by atoms with Gasteiger partial charge in [-0.15, -0.1) is 0 Å². The lowest BCUT2D eigenvalue weighted by atomic mass is 9.77. The molecular weight excluding hydrogens is 578 g/mol. The average molecular weight is 630 g/mol. The standard InChI is InChI=1S/C35H51NO9/c1-5-6-7-8-9-18-42-29(37)22-35(40,15-10-13-33(2,3)39)32(38)45-31-28(41-4)21-34-14-11-16-36(34)17-12-24-19-26-27(44-23-43-26)20-25(24)30(31)34/h19-21,30-31,39-40H,5-18,22-23H2,1-4H3/t30-,31?,34-,35-/m1/s1. The third-order valence-corrected chi connectivity index (χ3v) is 9.90. The van der Waals surface area contributed by atoms with Gasteiger partial charge in [-0.1, -0.05) is 32.6 Å². The highest BCUT2D eigenvalue weighted by atomic mass is 16.7. The van der Waals surface area contributed by atoms with Crippen LogP contribution in [0.15, 0.2) is 24.0 Å². The lowest BCUT2D eigenvalue weighted by Crippen LogP contribution is -2.49. The molecule has 4 atom stereocenters. The van der Waals surface area contributed by atoms with Crippen molar-refractivity contribution < 1.29 is 43.5 Å². The van der Waals surface area contributed by atoms with Gasteiger partial charge in [-0.3, -0.25) is 9.69 Å². The predicted octanol–water partition coefficient (Wildman–Crippen LogP) is 4.92. The molecule has 1 unspecified atom stereocenters. The highest BCUT2D eigenvalue weighted by Crippen LogP contribution is 2.55. The summed E-state index contributed by atoms with van der Waals surface area (Å²) >= 11 is 0. The molecule has 5 rings (SSSR count). The third kappa shape index (κ3) is 7.28. The molecule has 1 fully saturated rings. The number of nitrogens with zero attached hydrogens (tertiary/aromatic N) is 1. The second-order valence-electron chi connectivity index (χ2n) is 13.8. The number of carbonyl (C=O) groups excluding carboxylic acids is 2. The van der Waals surface area contributed by atoms with Crippen LogP contribution in [0.4, 0.5) is 0 Å². The molecule has 0 aromatic heterocycles. The fourth-order valence-electron chi connectivity index (χ4n) is 7.58. The van der Waals surface area contributed by atoms with E-state index in [0.29, 0.717) is 30.1 Å². The SMILES string of the molecule is CCCCCCCOC(=O)C[C@](O)(CCCC(C)(C)O)C(=O)OC1C(OC)=C[C@@]23CCCN2CCc2cc4c(cc2[C@H]13)OCO4. The lowest BCUT2D eigenvalue weighted by Gasteiger charge is -2.39. The summed E-state index contributed by atoms with van der Waals surface area (Å²) in [6, 6.07) is 4.04. The molecule has 3 aliphatic heterocycles. The van der Waals surface area contributed by atoms with Crippen LogP contribution in [0.25, 0.3) is 0 Å². The third-order valence-electron chi connectivity index (χ3n) is 9.90. The van der Waals surface area contributed by atoms with Crippen molar-refractivity contribution in [3.8, 4) is 11.5 Å². The summed E-state index contributed by atoms with van der Waals surface area (Å²) in [5.41, 5.74) is -1.43. The first-order valence-electron chi connectivity index (χ1n) is 16.8. The number of esters is 2. The molecule has 1 aromatic carbocycles. The van der Waals surface area contributed by atoms with Gasteiger partial charge in [0.1, 0.15) is 5.76 Å². The molecule has 0 amide bonds. The van der Waals surface area contributed by atoms with E-state index in [9.17, 15) is 19.8 Å². The maximum atomic E-state index is 14.1. The van der Waals surface area contributed by atoms with Crippen molar-refractivity contribution in [2.75, 3.05) is 33.6 Å². The number of rotatable bonds is 15. The van der Waals surface area contributed by atoms with E-state index in [1.54, 1.807) is 21.0 Å². The number of carbonyl (C=O) groups is 2. The van der Waals surface area contributed by atoms with Crippen LogP contribution in [0, 0.1) is 0 Å². The quantitative estimate of drug-likeness (QED) is 0.204. The van der Waals surface area contributed by atoms with E-state index < -0.39 is 41.2 Å². The molecule has 0 saturated carbocycles. The molecule has 0 radical (unpaired) electrons. The fraction of sp³-hybridized carbons (Fsp3) is 0.714. The number of hydrogen-bond donors (Lipinski definition) is 2. The van der Waals surface area contributed by atoms with E-state index in [2.05, 4.69) is 17.9 Å². The average Bonchev–Trinajstić information content (AvgIpc) is 3.67. The number of aliphatic hydroxyl groups is 2. The first kappa shape index (κ1) is 33.5. The molecule has 2 N–H and O–H groups in total. The Labute approximate surface area is 267 Å². The van der Waals surface area contributed by atoms with E-state index in [-0.39, 0.29) is 25.7 Å². The van der Waals surface area contributed by atoms with E-state index in [1.807, 2.05) is 12.1 Å². The van der Waals surface area contributed by atoms with Gasteiger partial charge >= 0.3 is 11.9 Å². The minimum Gasteiger partial charge on any atom is -0.497 e. The summed E-state index contributed by atoms with van der Waals surface area (Å²) in [5, 5.41) is 22.1. The molecule has 1 aromatic rings. The number of ether oxygens (including phenoxy) is 5. The van der Waals surface area contributed by atoms with Crippen molar-refractivity contribution >= 4 is 11.9 Å². The Bertz CT molecular complexity index is 1260. The molecule has 250 valence electrons. The number of methoxy groups -OCH3 is 1. The van der Waals surface area contributed by atoms with Gasteiger partial charge in [0.2, 0.25) is 6.79 Å². The Hall–Kier alpha value is -2.82. The highest BCUT2D eigenvalue weighted by molar-refractivity contribution is 5.86. The molecule has 3 heterocycles. The fourth-order valence-corrected chi connectivity index (χ4v) is 7.58. The molecule has 10 heteroatoms. The summed E-state index contributed by atoms with van der Waals surface area (Å²) in [4.78, 5) is 29.5. The molecule has 1 saturated heterocycles. The Morgan fingerprint density at radius 1 is 1.04 bits per heavy atom. The molecule has 1 aliphatic carbocycles. The van der Waals surface area contributed by atoms with Gasteiger partial charge < -0.3 is 33.9 Å².